The van der Waals surface area contributed by atoms with Gasteiger partial charge in [-0.15, -0.1) is 0 Å². The molecule has 2 rings (SSSR count). The Morgan fingerprint density at radius 2 is 1.82 bits per heavy atom. The molecule has 2 saturated heterocycles. The zero-order chi connectivity index (χ0) is 16.1. The molecule has 2 aliphatic heterocycles. The lowest BCUT2D eigenvalue weighted by Crippen LogP contribution is -2.45. The topological polar surface area (TPSA) is 40.6 Å². The van der Waals surface area contributed by atoms with Crippen LogP contribution < -0.4 is 0 Å². The Bertz CT molecular complexity index is 397. The Hall–Kier alpha value is -1.06. The van der Waals surface area contributed by atoms with Crippen LogP contribution in [0.15, 0.2) is 0 Å². The molecule has 0 aliphatic carbocycles. The van der Waals surface area contributed by atoms with Crippen LogP contribution in [-0.4, -0.2) is 47.3 Å². The van der Waals surface area contributed by atoms with Gasteiger partial charge in [0.2, 0.25) is 11.8 Å². The summed E-state index contributed by atoms with van der Waals surface area (Å²) in [6.45, 7) is 9.02. The zero-order valence-corrected chi connectivity index (χ0v) is 14.5. The van der Waals surface area contributed by atoms with Crippen LogP contribution in [0.4, 0.5) is 0 Å². The molecule has 126 valence electrons. The number of hydrogen-bond donors (Lipinski definition) is 0. The summed E-state index contributed by atoms with van der Waals surface area (Å²) < 4.78 is 0. The summed E-state index contributed by atoms with van der Waals surface area (Å²) in [6, 6.07) is 0.363. The van der Waals surface area contributed by atoms with Crippen LogP contribution in [0, 0.1) is 11.8 Å². The van der Waals surface area contributed by atoms with Gasteiger partial charge >= 0.3 is 0 Å². The van der Waals surface area contributed by atoms with Gasteiger partial charge in [0.15, 0.2) is 0 Å². The molecule has 4 nitrogen and oxygen atoms in total. The third kappa shape index (κ3) is 4.47. The normalized spacial score (nSPS) is 29.5. The maximum atomic E-state index is 12.4. The quantitative estimate of drug-likeness (QED) is 0.801. The smallest absolute Gasteiger partial charge is 0.222 e. The summed E-state index contributed by atoms with van der Waals surface area (Å²) >= 11 is 0. The second kappa shape index (κ2) is 7.98. The van der Waals surface area contributed by atoms with Gasteiger partial charge in [-0.05, 0) is 50.9 Å². The van der Waals surface area contributed by atoms with Crippen LogP contribution in [-0.2, 0) is 9.59 Å². The molecule has 2 heterocycles. The van der Waals surface area contributed by atoms with Gasteiger partial charge in [0.25, 0.3) is 0 Å². The monoisotopic (exact) mass is 308 g/mol. The van der Waals surface area contributed by atoms with Crippen molar-refractivity contribution in [3.63, 3.8) is 0 Å². The highest BCUT2D eigenvalue weighted by atomic mass is 16.2. The van der Waals surface area contributed by atoms with E-state index in [4.69, 9.17) is 0 Å². The Kier molecular flexibility index (Phi) is 6.27. The van der Waals surface area contributed by atoms with Crippen molar-refractivity contribution in [3.8, 4) is 0 Å². The minimum absolute atomic E-state index is 0.258. The Balaban J connectivity index is 1.78. The number of nitrogens with zero attached hydrogens (tertiary/aromatic N) is 2. The molecule has 0 saturated carbocycles. The van der Waals surface area contributed by atoms with Crippen molar-refractivity contribution in [3.05, 3.63) is 0 Å². The predicted molar refractivity (Wildman–Crippen MR) is 88.4 cm³/mol. The minimum atomic E-state index is 0.258. The summed E-state index contributed by atoms with van der Waals surface area (Å²) in [7, 11) is 0. The number of carbonyl (C=O) groups excluding carboxylic acids is 2. The van der Waals surface area contributed by atoms with Crippen molar-refractivity contribution in [2.45, 2.75) is 71.8 Å². The van der Waals surface area contributed by atoms with Gasteiger partial charge in [-0.1, -0.05) is 13.8 Å². The van der Waals surface area contributed by atoms with E-state index in [1.807, 2.05) is 11.8 Å². The van der Waals surface area contributed by atoms with Crippen molar-refractivity contribution in [2.24, 2.45) is 11.8 Å². The number of amides is 2. The Morgan fingerprint density at radius 1 is 1.05 bits per heavy atom. The highest BCUT2D eigenvalue weighted by Crippen LogP contribution is 2.26. The van der Waals surface area contributed by atoms with E-state index in [-0.39, 0.29) is 5.91 Å². The van der Waals surface area contributed by atoms with E-state index >= 15 is 0 Å². The van der Waals surface area contributed by atoms with Crippen molar-refractivity contribution >= 4 is 11.8 Å². The van der Waals surface area contributed by atoms with Crippen LogP contribution in [0.25, 0.3) is 0 Å². The second-order valence-electron chi connectivity index (χ2n) is 7.32. The summed E-state index contributed by atoms with van der Waals surface area (Å²) in [6.07, 6.45) is 6.79. The van der Waals surface area contributed by atoms with E-state index in [1.165, 1.54) is 6.42 Å². The van der Waals surface area contributed by atoms with Crippen LogP contribution in [0.3, 0.4) is 0 Å². The molecule has 0 aromatic rings. The lowest BCUT2D eigenvalue weighted by Gasteiger charge is -2.38. The van der Waals surface area contributed by atoms with Crippen molar-refractivity contribution < 1.29 is 9.59 Å². The fraction of sp³-hybridized carbons (Fsp3) is 0.889. The van der Waals surface area contributed by atoms with Gasteiger partial charge in [-0.3, -0.25) is 9.59 Å². The standard InChI is InChI=1S/C18H32N2O2/c1-4-17(21)20-13-16(8-7-15(20)3)9-10-18(22)19-11-5-6-14(2)12-19/h14-16H,4-13H2,1-3H3. The summed E-state index contributed by atoms with van der Waals surface area (Å²) in [5.41, 5.74) is 0. The van der Waals surface area contributed by atoms with E-state index in [9.17, 15) is 9.59 Å². The van der Waals surface area contributed by atoms with E-state index in [0.717, 1.165) is 45.3 Å². The molecule has 0 radical (unpaired) electrons. The molecule has 4 heteroatoms. The first-order valence-corrected chi connectivity index (χ1v) is 9.08. The SMILES string of the molecule is CCC(=O)N1CC(CCC(=O)N2CCCC(C)C2)CCC1C. The molecule has 3 atom stereocenters. The van der Waals surface area contributed by atoms with E-state index in [1.54, 1.807) is 0 Å². The molecule has 2 fully saturated rings. The number of likely N-dealkylation sites (tertiary alicyclic amines) is 2. The Morgan fingerprint density at radius 3 is 2.50 bits per heavy atom. The Labute approximate surface area is 135 Å². The number of rotatable bonds is 4. The molecule has 0 aromatic heterocycles. The van der Waals surface area contributed by atoms with Crippen LogP contribution in [0.2, 0.25) is 0 Å². The predicted octanol–water partition coefficient (Wildman–Crippen LogP) is 3.06. The molecule has 0 spiro atoms. The number of piperidine rings is 2. The fourth-order valence-corrected chi connectivity index (χ4v) is 3.87. The highest BCUT2D eigenvalue weighted by molar-refractivity contribution is 5.77. The molecule has 0 aromatic carbocycles. The molecule has 0 bridgehead atoms. The van der Waals surface area contributed by atoms with Gasteiger partial charge in [-0.25, -0.2) is 0 Å². The van der Waals surface area contributed by atoms with Gasteiger partial charge in [0.05, 0.1) is 0 Å². The maximum absolute atomic E-state index is 12.4. The molecular weight excluding hydrogens is 276 g/mol. The van der Waals surface area contributed by atoms with E-state index in [0.29, 0.717) is 36.6 Å². The van der Waals surface area contributed by atoms with E-state index < -0.39 is 0 Å². The van der Waals surface area contributed by atoms with Crippen LogP contribution in [0.1, 0.15) is 65.7 Å². The third-order valence-electron chi connectivity index (χ3n) is 5.38. The fourth-order valence-electron chi connectivity index (χ4n) is 3.87. The number of carbonyl (C=O) groups is 2. The average molecular weight is 308 g/mol. The zero-order valence-electron chi connectivity index (χ0n) is 14.5. The summed E-state index contributed by atoms with van der Waals surface area (Å²) in [5.74, 6) is 1.72. The van der Waals surface area contributed by atoms with Crippen LogP contribution in [0.5, 0.6) is 0 Å². The molecule has 0 N–H and O–H groups in total. The van der Waals surface area contributed by atoms with Gasteiger partial charge in [0.1, 0.15) is 0 Å². The minimum Gasteiger partial charge on any atom is -0.342 e. The molecule has 3 unspecified atom stereocenters. The first-order chi connectivity index (χ1) is 10.5. The first kappa shape index (κ1) is 17.3. The highest BCUT2D eigenvalue weighted by Gasteiger charge is 2.29. The van der Waals surface area contributed by atoms with Crippen LogP contribution >= 0.6 is 0 Å². The average Bonchev–Trinajstić information content (AvgIpc) is 2.53. The van der Waals surface area contributed by atoms with Gasteiger partial charge in [0, 0.05) is 38.5 Å². The lowest BCUT2D eigenvalue weighted by molar-refractivity contribution is -0.135. The van der Waals surface area contributed by atoms with E-state index in [2.05, 4.69) is 18.7 Å². The summed E-state index contributed by atoms with van der Waals surface area (Å²) in [5, 5.41) is 0. The van der Waals surface area contributed by atoms with Crippen molar-refractivity contribution in [1.29, 1.82) is 0 Å². The maximum Gasteiger partial charge on any atom is 0.222 e. The molecule has 2 aliphatic rings. The second-order valence-corrected chi connectivity index (χ2v) is 7.32. The first-order valence-electron chi connectivity index (χ1n) is 9.08. The lowest BCUT2D eigenvalue weighted by atomic mass is 9.89. The number of hydrogen-bond acceptors (Lipinski definition) is 2. The largest absolute Gasteiger partial charge is 0.342 e. The molecular formula is C18H32N2O2. The van der Waals surface area contributed by atoms with Crippen molar-refractivity contribution in [2.75, 3.05) is 19.6 Å². The third-order valence-corrected chi connectivity index (χ3v) is 5.38. The van der Waals surface area contributed by atoms with Crippen molar-refractivity contribution in [1.82, 2.24) is 9.80 Å². The summed E-state index contributed by atoms with van der Waals surface area (Å²) in [4.78, 5) is 28.4. The van der Waals surface area contributed by atoms with Gasteiger partial charge in [-0.2, -0.15) is 0 Å². The molecule has 2 amide bonds. The molecule has 22 heavy (non-hydrogen) atoms. The van der Waals surface area contributed by atoms with Gasteiger partial charge < -0.3 is 9.80 Å².